The molecule has 3 aromatic rings. The topological polar surface area (TPSA) is 86.8 Å². The molecular formula is C27H28Cl3N3O4S. The van der Waals surface area contributed by atoms with Gasteiger partial charge in [-0.3, -0.25) is 13.9 Å². The van der Waals surface area contributed by atoms with Crippen LogP contribution in [0.3, 0.4) is 0 Å². The minimum absolute atomic E-state index is 0.0245. The van der Waals surface area contributed by atoms with Gasteiger partial charge in [-0.05, 0) is 67.4 Å². The lowest BCUT2D eigenvalue weighted by Crippen LogP contribution is -2.51. The average molecular weight is 597 g/mol. The van der Waals surface area contributed by atoms with E-state index in [9.17, 15) is 18.0 Å². The van der Waals surface area contributed by atoms with Gasteiger partial charge in [0.15, 0.2) is 0 Å². The van der Waals surface area contributed by atoms with Crippen molar-refractivity contribution in [3.05, 3.63) is 92.9 Å². The summed E-state index contributed by atoms with van der Waals surface area (Å²) in [5.41, 5.74) is 1.70. The third-order valence-electron chi connectivity index (χ3n) is 5.99. The molecule has 3 aromatic carbocycles. The van der Waals surface area contributed by atoms with Gasteiger partial charge in [0, 0.05) is 28.7 Å². The molecule has 0 aliphatic rings. The predicted octanol–water partition coefficient (Wildman–Crippen LogP) is 5.70. The van der Waals surface area contributed by atoms with Gasteiger partial charge in [0.25, 0.3) is 10.0 Å². The van der Waals surface area contributed by atoms with Crippen LogP contribution in [0.5, 0.6) is 0 Å². The van der Waals surface area contributed by atoms with E-state index in [1.165, 1.54) is 36.2 Å². The Labute approximate surface area is 238 Å². The first kappa shape index (κ1) is 29.8. The number of rotatable bonds is 10. The highest BCUT2D eigenvalue weighted by Gasteiger charge is 2.33. The SMILES string of the molecule is CC[C@@H](C(=O)NC)N(Cc1ccc(Cl)cc1Cl)C(=O)CN(c1ccc(Cl)cc1)S(=O)(=O)c1ccc(C)cc1. The summed E-state index contributed by atoms with van der Waals surface area (Å²) in [5, 5.41) is 3.74. The molecule has 0 spiro atoms. The summed E-state index contributed by atoms with van der Waals surface area (Å²) >= 11 is 18.5. The fourth-order valence-electron chi connectivity index (χ4n) is 3.89. The average Bonchev–Trinajstić information content (AvgIpc) is 2.88. The Hall–Kier alpha value is -2.78. The Balaban J connectivity index is 2.07. The lowest BCUT2D eigenvalue weighted by atomic mass is 10.1. The van der Waals surface area contributed by atoms with Gasteiger partial charge in [0.1, 0.15) is 12.6 Å². The normalized spacial score (nSPS) is 12.1. The van der Waals surface area contributed by atoms with Crippen molar-refractivity contribution in [2.75, 3.05) is 17.9 Å². The van der Waals surface area contributed by atoms with Crippen LogP contribution in [0, 0.1) is 6.92 Å². The zero-order chi connectivity index (χ0) is 28.0. The summed E-state index contributed by atoms with van der Waals surface area (Å²) in [4.78, 5) is 28.0. The Kier molecular flexibility index (Phi) is 10.1. The summed E-state index contributed by atoms with van der Waals surface area (Å²) in [6, 6.07) is 16.5. The molecule has 2 amide bonds. The second kappa shape index (κ2) is 12.8. The number of halogens is 3. The van der Waals surface area contributed by atoms with Crippen molar-refractivity contribution in [1.29, 1.82) is 0 Å². The third kappa shape index (κ3) is 6.99. The molecule has 38 heavy (non-hydrogen) atoms. The molecule has 0 radical (unpaired) electrons. The van der Waals surface area contributed by atoms with Gasteiger partial charge in [-0.2, -0.15) is 0 Å². The Morgan fingerprint density at radius 3 is 2.08 bits per heavy atom. The van der Waals surface area contributed by atoms with Crippen molar-refractivity contribution in [3.8, 4) is 0 Å². The fraction of sp³-hybridized carbons (Fsp3) is 0.259. The van der Waals surface area contributed by atoms with Crippen molar-refractivity contribution in [2.45, 2.75) is 37.8 Å². The number of hydrogen-bond acceptors (Lipinski definition) is 4. The number of anilines is 1. The van der Waals surface area contributed by atoms with Crippen molar-refractivity contribution < 1.29 is 18.0 Å². The van der Waals surface area contributed by atoms with Crippen LogP contribution in [0.2, 0.25) is 15.1 Å². The van der Waals surface area contributed by atoms with E-state index in [0.717, 1.165) is 9.87 Å². The molecule has 0 bridgehead atoms. The van der Waals surface area contributed by atoms with Gasteiger partial charge in [-0.1, -0.05) is 65.5 Å². The van der Waals surface area contributed by atoms with Gasteiger partial charge in [0.05, 0.1) is 10.6 Å². The van der Waals surface area contributed by atoms with Crippen LogP contribution in [0.25, 0.3) is 0 Å². The number of likely N-dealkylation sites (N-methyl/N-ethyl adjacent to an activating group) is 1. The Morgan fingerprint density at radius 1 is 0.921 bits per heavy atom. The Bertz CT molecular complexity index is 1400. The van der Waals surface area contributed by atoms with Crippen LogP contribution >= 0.6 is 34.8 Å². The highest BCUT2D eigenvalue weighted by molar-refractivity contribution is 7.92. The van der Waals surface area contributed by atoms with Crippen LogP contribution in [0.15, 0.2) is 71.6 Å². The first-order valence-electron chi connectivity index (χ1n) is 11.8. The predicted molar refractivity (Wildman–Crippen MR) is 152 cm³/mol. The van der Waals surface area contributed by atoms with Gasteiger partial charge >= 0.3 is 0 Å². The van der Waals surface area contributed by atoms with Crippen LogP contribution in [0.4, 0.5) is 5.69 Å². The number of benzene rings is 3. The number of sulfonamides is 1. The van der Waals surface area contributed by atoms with Crippen LogP contribution < -0.4 is 9.62 Å². The third-order valence-corrected chi connectivity index (χ3v) is 8.62. The van der Waals surface area contributed by atoms with E-state index >= 15 is 0 Å². The monoisotopic (exact) mass is 595 g/mol. The summed E-state index contributed by atoms with van der Waals surface area (Å²) in [5.74, 6) is -0.970. The number of carbonyl (C=O) groups excluding carboxylic acids is 2. The molecule has 0 aromatic heterocycles. The minimum atomic E-state index is -4.16. The van der Waals surface area contributed by atoms with Crippen molar-refractivity contribution >= 4 is 62.3 Å². The number of aryl methyl sites for hydroxylation is 1. The maximum absolute atomic E-state index is 13.9. The van der Waals surface area contributed by atoms with Crippen LogP contribution in [0.1, 0.15) is 24.5 Å². The summed E-state index contributed by atoms with van der Waals surface area (Å²) in [6.07, 6.45) is 0.294. The van der Waals surface area contributed by atoms with Crippen molar-refractivity contribution in [1.82, 2.24) is 10.2 Å². The van der Waals surface area contributed by atoms with E-state index < -0.39 is 28.5 Å². The van der Waals surface area contributed by atoms with Crippen molar-refractivity contribution in [2.24, 2.45) is 0 Å². The molecule has 1 N–H and O–H groups in total. The molecule has 0 heterocycles. The van der Waals surface area contributed by atoms with E-state index in [-0.39, 0.29) is 23.0 Å². The fourth-order valence-corrected chi connectivity index (χ4v) is 5.90. The summed E-state index contributed by atoms with van der Waals surface area (Å²) in [7, 11) is -2.68. The molecule has 3 rings (SSSR count). The first-order valence-corrected chi connectivity index (χ1v) is 14.3. The number of nitrogens with one attached hydrogen (secondary N) is 1. The highest BCUT2D eigenvalue weighted by atomic mass is 35.5. The number of hydrogen-bond donors (Lipinski definition) is 1. The van der Waals surface area contributed by atoms with Crippen molar-refractivity contribution in [3.63, 3.8) is 0 Å². The number of amides is 2. The molecule has 11 heteroatoms. The zero-order valence-corrected chi connectivity index (χ0v) is 24.2. The molecule has 0 saturated heterocycles. The molecule has 0 aliphatic heterocycles. The minimum Gasteiger partial charge on any atom is -0.357 e. The smallest absolute Gasteiger partial charge is 0.264 e. The lowest BCUT2D eigenvalue weighted by Gasteiger charge is -2.33. The number of nitrogens with zero attached hydrogens (tertiary/aromatic N) is 2. The first-order chi connectivity index (χ1) is 18.0. The molecule has 7 nitrogen and oxygen atoms in total. The molecule has 0 aliphatic carbocycles. The Morgan fingerprint density at radius 2 is 1.53 bits per heavy atom. The molecular weight excluding hydrogens is 569 g/mol. The van der Waals surface area contributed by atoms with E-state index in [1.54, 1.807) is 49.4 Å². The second-order valence-electron chi connectivity index (χ2n) is 8.60. The summed E-state index contributed by atoms with van der Waals surface area (Å²) in [6.45, 7) is 3.03. The highest BCUT2D eigenvalue weighted by Crippen LogP contribution is 2.28. The zero-order valence-electron chi connectivity index (χ0n) is 21.1. The van der Waals surface area contributed by atoms with E-state index in [1.807, 2.05) is 6.92 Å². The van der Waals surface area contributed by atoms with E-state index in [0.29, 0.717) is 27.1 Å². The maximum atomic E-state index is 13.9. The van der Waals surface area contributed by atoms with Gasteiger partial charge in [0.2, 0.25) is 11.8 Å². The van der Waals surface area contributed by atoms with Gasteiger partial charge < -0.3 is 10.2 Å². The maximum Gasteiger partial charge on any atom is 0.264 e. The summed E-state index contributed by atoms with van der Waals surface area (Å²) < 4.78 is 28.6. The standard InChI is InChI=1S/C27H28Cl3N3O4S/c1-4-25(27(35)31-3)32(16-19-7-8-21(29)15-24(19)30)26(34)17-33(22-11-9-20(28)10-12-22)38(36,37)23-13-5-18(2)6-14-23/h5-15,25H,4,16-17H2,1-3H3,(H,31,35)/t25-/m0/s1. The van der Waals surface area contributed by atoms with E-state index in [4.69, 9.17) is 34.8 Å². The largest absolute Gasteiger partial charge is 0.357 e. The number of carbonyl (C=O) groups is 2. The molecule has 1 atom stereocenters. The van der Waals surface area contributed by atoms with Crippen LogP contribution in [-0.2, 0) is 26.2 Å². The lowest BCUT2D eigenvalue weighted by molar-refractivity contribution is -0.140. The van der Waals surface area contributed by atoms with Gasteiger partial charge in [-0.15, -0.1) is 0 Å². The van der Waals surface area contributed by atoms with Gasteiger partial charge in [-0.25, -0.2) is 8.42 Å². The second-order valence-corrected chi connectivity index (χ2v) is 11.7. The molecule has 202 valence electrons. The molecule has 0 unspecified atom stereocenters. The van der Waals surface area contributed by atoms with Crippen LogP contribution in [-0.4, -0.2) is 44.8 Å². The quantitative estimate of drug-likeness (QED) is 0.325. The molecule has 0 saturated carbocycles. The molecule has 0 fully saturated rings. The van der Waals surface area contributed by atoms with E-state index in [2.05, 4.69) is 5.32 Å².